The first kappa shape index (κ1) is 23.8. The first-order chi connectivity index (χ1) is 12.9. The summed E-state index contributed by atoms with van der Waals surface area (Å²) in [6, 6.07) is 0.268. The highest BCUT2D eigenvalue weighted by molar-refractivity contribution is 5.79. The summed E-state index contributed by atoms with van der Waals surface area (Å²) in [6.45, 7) is 13.0. The van der Waals surface area contributed by atoms with E-state index in [-0.39, 0.29) is 12.1 Å². The second-order valence-electron chi connectivity index (χ2n) is 8.76. The number of nitrogens with one attached hydrogen (secondary N) is 3. The van der Waals surface area contributed by atoms with Gasteiger partial charge in [0.2, 0.25) is 0 Å². The van der Waals surface area contributed by atoms with E-state index in [2.05, 4.69) is 20.9 Å². The predicted molar refractivity (Wildman–Crippen MR) is 110 cm³/mol. The number of aliphatic imine (C=N–C) groups is 1. The topological polar surface area (TPSA) is 104 Å². The molecule has 9 nitrogen and oxygen atoms in total. The van der Waals surface area contributed by atoms with E-state index in [1.807, 2.05) is 41.5 Å². The predicted octanol–water partition coefficient (Wildman–Crippen LogP) is 2.08. The largest absolute Gasteiger partial charge is 0.444 e. The van der Waals surface area contributed by atoms with Crippen molar-refractivity contribution in [3.05, 3.63) is 0 Å². The van der Waals surface area contributed by atoms with Gasteiger partial charge in [-0.25, -0.2) is 9.59 Å². The Kier molecular flexibility index (Phi) is 8.84. The van der Waals surface area contributed by atoms with Crippen LogP contribution in [0.1, 0.15) is 54.4 Å². The molecule has 0 unspecified atom stereocenters. The minimum atomic E-state index is -0.517. The van der Waals surface area contributed by atoms with Crippen molar-refractivity contribution in [2.75, 3.05) is 33.2 Å². The van der Waals surface area contributed by atoms with E-state index in [0.29, 0.717) is 32.1 Å². The zero-order valence-electron chi connectivity index (χ0n) is 18.3. The number of nitrogens with zero attached hydrogens (tertiary/aromatic N) is 2. The SMILES string of the molecule is CN=C(NCCNC(=O)OC(C)(C)C)NCCN(C(=O)OC(C)(C)C)C1CC1. The molecule has 1 aliphatic carbocycles. The van der Waals surface area contributed by atoms with Crippen LogP contribution in [0, 0.1) is 0 Å². The molecule has 0 saturated heterocycles. The molecule has 1 rings (SSSR count). The summed E-state index contributed by atoms with van der Waals surface area (Å²) < 4.78 is 10.7. The van der Waals surface area contributed by atoms with Crippen molar-refractivity contribution in [1.82, 2.24) is 20.9 Å². The van der Waals surface area contributed by atoms with Crippen molar-refractivity contribution >= 4 is 18.1 Å². The van der Waals surface area contributed by atoms with E-state index >= 15 is 0 Å². The van der Waals surface area contributed by atoms with E-state index in [9.17, 15) is 9.59 Å². The quantitative estimate of drug-likeness (QED) is 0.344. The molecule has 0 heterocycles. The van der Waals surface area contributed by atoms with Gasteiger partial charge in [-0.05, 0) is 54.4 Å². The third-order valence-electron chi connectivity index (χ3n) is 3.57. The number of ether oxygens (including phenoxy) is 2. The van der Waals surface area contributed by atoms with E-state index in [0.717, 1.165) is 12.8 Å². The average Bonchev–Trinajstić information content (AvgIpc) is 3.34. The van der Waals surface area contributed by atoms with Gasteiger partial charge in [0.15, 0.2) is 5.96 Å². The maximum atomic E-state index is 12.3. The Morgan fingerprint density at radius 1 is 0.929 bits per heavy atom. The van der Waals surface area contributed by atoms with Crippen LogP contribution in [-0.4, -0.2) is 73.5 Å². The summed E-state index contributed by atoms with van der Waals surface area (Å²) in [6.07, 6.45) is 1.31. The Morgan fingerprint density at radius 2 is 1.46 bits per heavy atom. The van der Waals surface area contributed by atoms with Gasteiger partial charge in [-0.2, -0.15) is 0 Å². The maximum absolute atomic E-state index is 12.3. The van der Waals surface area contributed by atoms with Gasteiger partial charge in [0.1, 0.15) is 11.2 Å². The Balaban J connectivity index is 2.29. The van der Waals surface area contributed by atoms with Crippen LogP contribution in [-0.2, 0) is 9.47 Å². The summed E-state index contributed by atoms with van der Waals surface area (Å²) in [5.74, 6) is 0.603. The smallest absolute Gasteiger partial charge is 0.410 e. The fourth-order valence-electron chi connectivity index (χ4n) is 2.30. The van der Waals surface area contributed by atoms with Gasteiger partial charge >= 0.3 is 12.2 Å². The third-order valence-corrected chi connectivity index (χ3v) is 3.57. The first-order valence-corrected chi connectivity index (χ1v) is 9.82. The van der Waals surface area contributed by atoms with Gasteiger partial charge in [0.25, 0.3) is 0 Å². The molecule has 3 N–H and O–H groups in total. The average molecular weight is 400 g/mol. The molecule has 0 bridgehead atoms. The zero-order chi connectivity index (χ0) is 21.4. The maximum Gasteiger partial charge on any atom is 0.410 e. The highest BCUT2D eigenvalue weighted by atomic mass is 16.6. The number of alkyl carbamates (subject to hydrolysis) is 1. The molecule has 0 aliphatic heterocycles. The van der Waals surface area contributed by atoms with Crippen LogP contribution in [0.25, 0.3) is 0 Å². The standard InChI is InChI=1S/C19H37N5O4/c1-18(2,3)27-16(25)23-11-10-21-15(20-7)22-12-13-24(14-8-9-14)17(26)28-19(4,5)6/h14H,8-13H2,1-7H3,(H,23,25)(H2,20,21,22). The lowest BCUT2D eigenvalue weighted by Gasteiger charge is -2.27. The lowest BCUT2D eigenvalue weighted by Crippen LogP contribution is -2.46. The lowest BCUT2D eigenvalue weighted by atomic mass is 10.2. The van der Waals surface area contributed by atoms with Crippen LogP contribution < -0.4 is 16.0 Å². The monoisotopic (exact) mass is 399 g/mol. The van der Waals surface area contributed by atoms with Crippen LogP contribution >= 0.6 is 0 Å². The van der Waals surface area contributed by atoms with Crippen molar-refractivity contribution in [2.24, 2.45) is 4.99 Å². The van der Waals surface area contributed by atoms with E-state index in [1.165, 1.54) is 0 Å². The number of guanidine groups is 1. The second-order valence-corrected chi connectivity index (χ2v) is 8.76. The normalized spacial score (nSPS) is 14.9. The highest BCUT2D eigenvalue weighted by Crippen LogP contribution is 2.27. The van der Waals surface area contributed by atoms with E-state index in [4.69, 9.17) is 9.47 Å². The van der Waals surface area contributed by atoms with Gasteiger partial charge in [-0.3, -0.25) is 4.99 Å². The molecule has 9 heteroatoms. The summed E-state index contributed by atoms with van der Waals surface area (Å²) in [7, 11) is 1.67. The molecule has 0 radical (unpaired) electrons. The highest BCUT2D eigenvalue weighted by Gasteiger charge is 2.34. The van der Waals surface area contributed by atoms with Gasteiger partial charge < -0.3 is 30.3 Å². The molecule has 0 aromatic carbocycles. The van der Waals surface area contributed by atoms with Crippen LogP contribution in [0.2, 0.25) is 0 Å². The van der Waals surface area contributed by atoms with E-state index < -0.39 is 17.3 Å². The van der Waals surface area contributed by atoms with Gasteiger partial charge in [0.05, 0.1) is 0 Å². The zero-order valence-corrected chi connectivity index (χ0v) is 18.3. The number of rotatable bonds is 7. The van der Waals surface area contributed by atoms with Crippen LogP contribution in [0.4, 0.5) is 9.59 Å². The number of hydrogen-bond acceptors (Lipinski definition) is 5. The summed E-state index contributed by atoms with van der Waals surface area (Å²) in [5.41, 5.74) is -1.02. The van der Waals surface area contributed by atoms with Gasteiger partial charge in [-0.1, -0.05) is 0 Å². The Morgan fingerprint density at radius 3 is 1.96 bits per heavy atom. The van der Waals surface area contributed by atoms with Crippen LogP contribution in [0.15, 0.2) is 4.99 Å². The molecular formula is C19H37N5O4. The van der Waals surface area contributed by atoms with Gasteiger partial charge in [0, 0.05) is 39.3 Å². The van der Waals surface area contributed by atoms with Crippen molar-refractivity contribution in [2.45, 2.75) is 71.6 Å². The minimum absolute atomic E-state index is 0.268. The van der Waals surface area contributed by atoms with Crippen molar-refractivity contribution in [3.8, 4) is 0 Å². The molecule has 0 aromatic rings. The summed E-state index contributed by atoms with van der Waals surface area (Å²) in [4.78, 5) is 29.8. The van der Waals surface area contributed by atoms with Crippen molar-refractivity contribution in [3.63, 3.8) is 0 Å². The molecular weight excluding hydrogens is 362 g/mol. The molecule has 0 spiro atoms. The second kappa shape index (κ2) is 10.4. The number of amides is 2. The van der Waals surface area contributed by atoms with Crippen molar-refractivity contribution in [1.29, 1.82) is 0 Å². The number of hydrogen-bond donors (Lipinski definition) is 3. The molecule has 0 aromatic heterocycles. The molecule has 1 saturated carbocycles. The fraction of sp³-hybridized carbons (Fsp3) is 0.842. The van der Waals surface area contributed by atoms with Crippen LogP contribution in [0.3, 0.4) is 0 Å². The molecule has 1 aliphatic rings. The summed E-state index contributed by atoms with van der Waals surface area (Å²) in [5, 5.41) is 8.96. The number of carbonyl (C=O) groups is 2. The fourth-order valence-corrected chi connectivity index (χ4v) is 2.30. The van der Waals surface area contributed by atoms with Crippen LogP contribution in [0.5, 0.6) is 0 Å². The molecule has 2 amide bonds. The van der Waals surface area contributed by atoms with Gasteiger partial charge in [-0.15, -0.1) is 0 Å². The third kappa shape index (κ3) is 10.8. The van der Waals surface area contributed by atoms with E-state index in [1.54, 1.807) is 11.9 Å². The molecule has 162 valence electrons. The minimum Gasteiger partial charge on any atom is -0.444 e. The van der Waals surface area contributed by atoms with Crippen molar-refractivity contribution < 1.29 is 19.1 Å². The Bertz CT molecular complexity index is 548. The lowest BCUT2D eigenvalue weighted by molar-refractivity contribution is 0.0237. The number of carbonyl (C=O) groups excluding carboxylic acids is 2. The molecule has 28 heavy (non-hydrogen) atoms. The summed E-state index contributed by atoms with van der Waals surface area (Å²) >= 11 is 0. The molecule has 1 fully saturated rings. The first-order valence-electron chi connectivity index (χ1n) is 9.82. The Labute approximate surface area is 168 Å². The Hall–Kier alpha value is -2.19. The molecule has 0 atom stereocenters.